The highest BCUT2D eigenvalue weighted by atomic mass is 16.2. The van der Waals surface area contributed by atoms with Gasteiger partial charge in [-0.2, -0.15) is 5.10 Å². The van der Waals surface area contributed by atoms with Crippen LogP contribution in [0, 0.1) is 0 Å². The fraction of sp³-hybridized carbons (Fsp3) is 0.222. The second kappa shape index (κ2) is 10.6. The van der Waals surface area contributed by atoms with Crippen LogP contribution in [0.2, 0.25) is 0 Å². The average molecular weight is 443 g/mol. The number of hydrogen-bond donors (Lipinski definition) is 3. The van der Waals surface area contributed by atoms with Gasteiger partial charge in [0.2, 0.25) is 5.91 Å². The number of anilines is 3. The molecule has 3 aromatic rings. The van der Waals surface area contributed by atoms with Gasteiger partial charge in [-0.15, -0.1) is 0 Å². The molecule has 0 saturated carbocycles. The van der Waals surface area contributed by atoms with Crippen LogP contribution in [0.5, 0.6) is 0 Å². The van der Waals surface area contributed by atoms with Crippen molar-refractivity contribution in [3.05, 3.63) is 90.0 Å². The third kappa shape index (κ3) is 7.31. The molecule has 6 nitrogen and oxygen atoms in total. The summed E-state index contributed by atoms with van der Waals surface area (Å²) in [6, 6.07) is 24.8. The molecular formula is C27H30N4O2. The number of para-hydroxylation sites is 1. The molecule has 0 saturated heterocycles. The van der Waals surface area contributed by atoms with Crippen LogP contribution in [0.1, 0.15) is 50.0 Å². The second-order valence-electron chi connectivity index (χ2n) is 8.91. The maximum absolute atomic E-state index is 12.3. The molecule has 3 N–H and O–H groups in total. The van der Waals surface area contributed by atoms with Crippen molar-refractivity contribution in [2.24, 2.45) is 5.10 Å². The molecule has 0 atom stereocenters. The number of benzene rings is 3. The summed E-state index contributed by atoms with van der Waals surface area (Å²) >= 11 is 0. The van der Waals surface area contributed by atoms with Crippen molar-refractivity contribution in [1.82, 2.24) is 5.43 Å². The fourth-order valence-electron chi connectivity index (χ4n) is 3.13. The maximum atomic E-state index is 12.3. The molecular weight excluding hydrogens is 412 g/mol. The predicted molar refractivity (Wildman–Crippen MR) is 135 cm³/mol. The average Bonchev–Trinajstić information content (AvgIpc) is 2.79. The van der Waals surface area contributed by atoms with Crippen LogP contribution in [-0.4, -0.2) is 17.5 Å². The quantitative estimate of drug-likeness (QED) is 0.316. The summed E-state index contributed by atoms with van der Waals surface area (Å²) in [5.74, 6) is -0.513. The third-order valence-electron chi connectivity index (χ3n) is 5.01. The van der Waals surface area contributed by atoms with Crippen molar-refractivity contribution < 1.29 is 9.59 Å². The zero-order chi connectivity index (χ0) is 23.8. The van der Waals surface area contributed by atoms with Crippen LogP contribution in [-0.2, 0) is 10.2 Å². The molecule has 6 heteroatoms. The molecule has 0 unspecified atom stereocenters. The Bertz CT molecular complexity index is 1110. The first-order valence-corrected chi connectivity index (χ1v) is 10.9. The first-order valence-electron chi connectivity index (χ1n) is 10.9. The number of carbonyl (C=O) groups excluding carboxylic acids is 2. The predicted octanol–water partition coefficient (Wildman–Crippen LogP) is 5.86. The van der Waals surface area contributed by atoms with Gasteiger partial charge in [0.1, 0.15) is 0 Å². The van der Waals surface area contributed by atoms with Gasteiger partial charge in [-0.3, -0.25) is 9.59 Å². The van der Waals surface area contributed by atoms with Gasteiger partial charge in [0.05, 0.1) is 6.42 Å². The Hall–Kier alpha value is -3.93. The fourth-order valence-corrected chi connectivity index (χ4v) is 3.13. The largest absolute Gasteiger partial charge is 0.356 e. The van der Waals surface area contributed by atoms with E-state index in [1.54, 1.807) is 19.1 Å². The first kappa shape index (κ1) is 23.7. The Balaban J connectivity index is 1.49. The molecule has 0 aliphatic carbocycles. The van der Waals surface area contributed by atoms with E-state index < -0.39 is 0 Å². The van der Waals surface area contributed by atoms with Gasteiger partial charge in [0.25, 0.3) is 5.91 Å². The lowest BCUT2D eigenvalue weighted by molar-refractivity contribution is -0.115. The van der Waals surface area contributed by atoms with E-state index in [-0.39, 0.29) is 23.7 Å². The smallest absolute Gasteiger partial charge is 0.271 e. The van der Waals surface area contributed by atoms with E-state index in [0.29, 0.717) is 17.0 Å². The van der Waals surface area contributed by atoms with Crippen LogP contribution in [0.15, 0.2) is 84.0 Å². The maximum Gasteiger partial charge on any atom is 0.271 e. The van der Waals surface area contributed by atoms with E-state index in [0.717, 1.165) is 16.9 Å². The zero-order valence-corrected chi connectivity index (χ0v) is 19.5. The monoisotopic (exact) mass is 442 g/mol. The van der Waals surface area contributed by atoms with E-state index in [2.05, 4.69) is 41.9 Å². The highest BCUT2D eigenvalue weighted by Gasteiger charge is 2.14. The highest BCUT2D eigenvalue weighted by Crippen LogP contribution is 2.22. The van der Waals surface area contributed by atoms with E-state index in [1.807, 2.05) is 66.7 Å². The molecule has 0 aromatic heterocycles. The third-order valence-corrected chi connectivity index (χ3v) is 5.01. The molecule has 0 heterocycles. The Morgan fingerprint density at radius 2 is 1.36 bits per heavy atom. The first-order chi connectivity index (χ1) is 15.7. The molecule has 0 aliphatic heterocycles. The molecule has 2 amide bonds. The minimum atomic E-state index is -0.309. The van der Waals surface area contributed by atoms with E-state index in [9.17, 15) is 9.59 Å². The van der Waals surface area contributed by atoms with Gasteiger partial charge in [-0.1, -0.05) is 51.1 Å². The number of nitrogens with zero attached hydrogens (tertiary/aromatic N) is 1. The van der Waals surface area contributed by atoms with Crippen LogP contribution in [0.3, 0.4) is 0 Å². The molecule has 0 fully saturated rings. The Kier molecular flexibility index (Phi) is 7.61. The van der Waals surface area contributed by atoms with Crippen molar-refractivity contribution in [2.75, 3.05) is 10.6 Å². The topological polar surface area (TPSA) is 82.6 Å². The number of carbonyl (C=O) groups is 2. The minimum Gasteiger partial charge on any atom is -0.356 e. The summed E-state index contributed by atoms with van der Waals surface area (Å²) in [6.45, 7) is 8.07. The van der Waals surface area contributed by atoms with Crippen molar-refractivity contribution in [3.8, 4) is 0 Å². The number of amides is 2. The second-order valence-corrected chi connectivity index (χ2v) is 8.91. The number of hydrazone groups is 1. The lowest BCUT2D eigenvalue weighted by Crippen LogP contribution is -2.21. The van der Waals surface area contributed by atoms with Gasteiger partial charge in [-0.05, 0) is 66.4 Å². The Morgan fingerprint density at radius 1 is 0.788 bits per heavy atom. The normalized spacial score (nSPS) is 11.6. The number of rotatable bonds is 7. The van der Waals surface area contributed by atoms with Gasteiger partial charge in [0, 0.05) is 28.3 Å². The molecule has 0 aliphatic rings. The zero-order valence-electron chi connectivity index (χ0n) is 19.5. The van der Waals surface area contributed by atoms with Crippen molar-refractivity contribution >= 4 is 34.6 Å². The molecule has 0 radical (unpaired) electrons. The van der Waals surface area contributed by atoms with Gasteiger partial charge in [0.15, 0.2) is 0 Å². The Labute approximate surface area is 195 Å². The van der Waals surface area contributed by atoms with E-state index in [1.165, 1.54) is 0 Å². The standard InChI is InChI=1S/C27H30N4O2/c1-19(30-31-26(33)20-10-12-21(13-11-20)27(2,3)4)18-25(32)29-24-16-14-23(15-17-24)28-22-8-6-5-7-9-22/h5-17,28H,18H2,1-4H3,(H,29,32)(H,31,33). The summed E-state index contributed by atoms with van der Waals surface area (Å²) in [5, 5.41) is 10.2. The molecule has 0 bridgehead atoms. The number of hydrogen-bond acceptors (Lipinski definition) is 4. The lowest BCUT2D eigenvalue weighted by atomic mass is 9.87. The highest BCUT2D eigenvalue weighted by molar-refractivity contribution is 6.06. The summed E-state index contributed by atoms with van der Waals surface area (Å²) in [7, 11) is 0. The Morgan fingerprint density at radius 3 is 1.97 bits per heavy atom. The van der Waals surface area contributed by atoms with Crippen molar-refractivity contribution in [1.29, 1.82) is 0 Å². The van der Waals surface area contributed by atoms with Crippen LogP contribution < -0.4 is 16.1 Å². The summed E-state index contributed by atoms with van der Waals surface area (Å²) < 4.78 is 0. The van der Waals surface area contributed by atoms with E-state index in [4.69, 9.17) is 0 Å². The van der Waals surface area contributed by atoms with E-state index >= 15 is 0 Å². The van der Waals surface area contributed by atoms with Crippen LogP contribution >= 0.6 is 0 Å². The molecule has 170 valence electrons. The van der Waals surface area contributed by atoms with Gasteiger partial charge in [-0.25, -0.2) is 5.43 Å². The number of nitrogens with one attached hydrogen (secondary N) is 3. The molecule has 3 aromatic carbocycles. The van der Waals surface area contributed by atoms with Gasteiger partial charge >= 0.3 is 0 Å². The van der Waals surface area contributed by atoms with Crippen molar-refractivity contribution in [2.45, 2.75) is 39.5 Å². The summed E-state index contributed by atoms with van der Waals surface area (Å²) in [6.07, 6.45) is 0.0766. The molecule has 0 spiro atoms. The lowest BCUT2D eigenvalue weighted by Gasteiger charge is -2.18. The minimum absolute atomic E-state index is 0.0236. The summed E-state index contributed by atoms with van der Waals surface area (Å²) in [4.78, 5) is 24.6. The van der Waals surface area contributed by atoms with Gasteiger partial charge < -0.3 is 10.6 Å². The molecule has 33 heavy (non-hydrogen) atoms. The SMILES string of the molecule is CC(CC(=O)Nc1ccc(Nc2ccccc2)cc1)=NNC(=O)c1ccc(C(C)(C)C)cc1. The summed E-state index contributed by atoms with van der Waals surface area (Å²) in [5.41, 5.74) is 7.33. The van der Waals surface area contributed by atoms with Crippen LogP contribution in [0.25, 0.3) is 0 Å². The van der Waals surface area contributed by atoms with Crippen molar-refractivity contribution in [3.63, 3.8) is 0 Å². The van der Waals surface area contributed by atoms with Crippen LogP contribution in [0.4, 0.5) is 17.1 Å². The molecule has 3 rings (SSSR count).